The second-order valence-corrected chi connectivity index (χ2v) is 9.14. The fourth-order valence-corrected chi connectivity index (χ4v) is 4.09. The van der Waals surface area contributed by atoms with Crippen LogP contribution in [0, 0.1) is 6.92 Å². The van der Waals surface area contributed by atoms with Crippen molar-refractivity contribution in [2.75, 3.05) is 6.54 Å². The molecule has 4 rings (SSSR count). The van der Waals surface area contributed by atoms with E-state index in [-0.39, 0.29) is 12.5 Å². The molecule has 2 aromatic carbocycles. The molecule has 1 N–H and O–H groups in total. The number of nitrogens with zero attached hydrogens (tertiary/aromatic N) is 2. The van der Waals surface area contributed by atoms with Crippen LogP contribution in [0.4, 0.5) is 9.59 Å². The van der Waals surface area contributed by atoms with Crippen molar-refractivity contribution >= 4 is 23.9 Å². The largest absolute Gasteiger partial charge is 0.443 e. The van der Waals surface area contributed by atoms with Crippen molar-refractivity contribution in [3.8, 4) is 0 Å². The van der Waals surface area contributed by atoms with Gasteiger partial charge in [-0.05, 0) is 44.9 Å². The van der Waals surface area contributed by atoms with E-state index in [1.165, 1.54) is 4.90 Å². The van der Waals surface area contributed by atoms with Crippen LogP contribution in [0.1, 0.15) is 47.8 Å². The molecule has 2 aliphatic heterocycles. The molecule has 1 fully saturated rings. The molecular formula is C24H25N3O5. The summed E-state index contributed by atoms with van der Waals surface area (Å²) in [6, 6.07) is 13.3. The lowest BCUT2D eigenvalue weighted by Crippen LogP contribution is -2.53. The van der Waals surface area contributed by atoms with Gasteiger partial charge < -0.3 is 15.0 Å². The SMILES string of the molecule is Cc1ccc2c(c1)CN(C[C@@]1(c3ccccc3)NC(=O)N(C(=O)OC(C)(C)C)C1=O)C2=O. The summed E-state index contributed by atoms with van der Waals surface area (Å²) in [4.78, 5) is 54.1. The Labute approximate surface area is 186 Å². The zero-order valence-electron chi connectivity index (χ0n) is 18.5. The Hall–Kier alpha value is -3.68. The van der Waals surface area contributed by atoms with Crippen LogP contribution in [0.2, 0.25) is 0 Å². The molecule has 0 aliphatic carbocycles. The van der Waals surface area contributed by atoms with Gasteiger partial charge in [0.2, 0.25) is 0 Å². The van der Waals surface area contributed by atoms with Crippen molar-refractivity contribution in [1.82, 2.24) is 15.1 Å². The number of amides is 5. The summed E-state index contributed by atoms with van der Waals surface area (Å²) in [6.07, 6.45) is -1.05. The topological polar surface area (TPSA) is 96.0 Å². The van der Waals surface area contributed by atoms with Crippen LogP contribution in [0.3, 0.4) is 0 Å². The standard InChI is InChI=1S/C24H25N3O5/c1-15-10-11-18-16(12-15)13-26(19(18)28)14-24(17-8-6-5-7-9-17)20(29)27(21(30)25-24)22(31)32-23(2,3)4/h5-12H,13-14H2,1-4H3,(H,25,30)/t24-/m0/s1. The van der Waals surface area contributed by atoms with Gasteiger partial charge in [-0.25, -0.2) is 9.59 Å². The zero-order valence-corrected chi connectivity index (χ0v) is 18.5. The number of benzene rings is 2. The molecule has 0 radical (unpaired) electrons. The van der Waals surface area contributed by atoms with Gasteiger partial charge in [0.1, 0.15) is 5.60 Å². The number of imide groups is 3. The van der Waals surface area contributed by atoms with Gasteiger partial charge in [-0.3, -0.25) is 9.59 Å². The Morgan fingerprint density at radius 2 is 1.78 bits per heavy atom. The van der Waals surface area contributed by atoms with Crippen LogP contribution in [0.5, 0.6) is 0 Å². The molecule has 166 valence electrons. The molecule has 2 heterocycles. The molecule has 1 saturated heterocycles. The fourth-order valence-electron chi connectivity index (χ4n) is 4.09. The van der Waals surface area contributed by atoms with E-state index in [1.807, 2.05) is 19.1 Å². The number of hydrogen-bond acceptors (Lipinski definition) is 5. The fraction of sp³-hybridized carbons (Fsp3) is 0.333. The van der Waals surface area contributed by atoms with Crippen molar-refractivity contribution < 1.29 is 23.9 Å². The number of ether oxygens (including phenoxy) is 1. The van der Waals surface area contributed by atoms with Crippen LogP contribution in [0.15, 0.2) is 48.5 Å². The maximum Gasteiger partial charge on any atom is 0.425 e. The lowest BCUT2D eigenvalue weighted by Gasteiger charge is -2.31. The molecular weight excluding hydrogens is 410 g/mol. The zero-order chi connectivity index (χ0) is 23.3. The molecule has 8 nitrogen and oxygen atoms in total. The number of fused-ring (bicyclic) bond motifs is 1. The van der Waals surface area contributed by atoms with E-state index in [9.17, 15) is 19.2 Å². The third kappa shape index (κ3) is 3.62. The summed E-state index contributed by atoms with van der Waals surface area (Å²) < 4.78 is 5.27. The lowest BCUT2D eigenvalue weighted by molar-refractivity contribution is -0.131. The monoisotopic (exact) mass is 435 g/mol. The van der Waals surface area contributed by atoms with E-state index in [4.69, 9.17) is 4.74 Å². The normalized spacial score (nSPS) is 20.4. The summed E-state index contributed by atoms with van der Waals surface area (Å²) in [6.45, 7) is 7.08. The first-order valence-corrected chi connectivity index (χ1v) is 10.4. The van der Waals surface area contributed by atoms with E-state index < -0.39 is 29.2 Å². The van der Waals surface area contributed by atoms with Crippen LogP contribution >= 0.6 is 0 Å². The minimum Gasteiger partial charge on any atom is -0.443 e. The maximum atomic E-state index is 13.6. The number of nitrogens with one attached hydrogen (secondary N) is 1. The summed E-state index contributed by atoms with van der Waals surface area (Å²) >= 11 is 0. The van der Waals surface area contributed by atoms with Crippen LogP contribution in [-0.4, -0.2) is 45.9 Å². The molecule has 0 aromatic heterocycles. The van der Waals surface area contributed by atoms with Crippen LogP contribution in [-0.2, 0) is 21.6 Å². The maximum absolute atomic E-state index is 13.6. The van der Waals surface area contributed by atoms with E-state index in [0.717, 1.165) is 11.1 Å². The molecule has 0 saturated carbocycles. The van der Waals surface area contributed by atoms with E-state index in [0.29, 0.717) is 22.6 Å². The molecule has 0 spiro atoms. The summed E-state index contributed by atoms with van der Waals surface area (Å²) in [7, 11) is 0. The van der Waals surface area contributed by atoms with Gasteiger partial charge in [0.15, 0.2) is 5.54 Å². The van der Waals surface area contributed by atoms with Crippen LogP contribution < -0.4 is 5.32 Å². The minimum absolute atomic E-state index is 0.118. The van der Waals surface area contributed by atoms with E-state index in [1.54, 1.807) is 57.2 Å². The van der Waals surface area contributed by atoms with Gasteiger partial charge in [-0.15, -0.1) is 0 Å². The number of aryl methyl sites for hydroxylation is 1. The Morgan fingerprint density at radius 1 is 1.09 bits per heavy atom. The number of hydrogen-bond donors (Lipinski definition) is 1. The van der Waals surface area contributed by atoms with E-state index >= 15 is 0 Å². The van der Waals surface area contributed by atoms with Gasteiger partial charge >= 0.3 is 12.1 Å². The van der Waals surface area contributed by atoms with Crippen molar-refractivity contribution in [1.29, 1.82) is 0 Å². The Kier molecular flexibility index (Phi) is 5.03. The first kappa shape index (κ1) is 21.5. The molecule has 0 unspecified atom stereocenters. The van der Waals surface area contributed by atoms with Gasteiger partial charge in [-0.2, -0.15) is 4.90 Å². The number of carbonyl (C=O) groups is 4. The first-order chi connectivity index (χ1) is 15.0. The highest BCUT2D eigenvalue weighted by atomic mass is 16.6. The second-order valence-electron chi connectivity index (χ2n) is 9.14. The van der Waals surface area contributed by atoms with E-state index in [2.05, 4.69) is 5.32 Å². The number of urea groups is 1. The average Bonchev–Trinajstić information content (AvgIpc) is 3.14. The van der Waals surface area contributed by atoms with Crippen LogP contribution in [0.25, 0.3) is 0 Å². The predicted molar refractivity (Wildman–Crippen MR) is 116 cm³/mol. The summed E-state index contributed by atoms with van der Waals surface area (Å²) in [5.41, 5.74) is 0.433. The van der Waals surface area contributed by atoms with Gasteiger partial charge in [0.05, 0.1) is 6.54 Å². The summed E-state index contributed by atoms with van der Waals surface area (Å²) in [5.74, 6) is -1.00. The number of rotatable bonds is 3. The first-order valence-electron chi connectivity index (χ1n) is 10.4. The molecule has 5 amide bonds. The number of carbonyl (C=O) groups excluding carboxylic acids is 4. The van der Waals surface area contributed by atoms with Crippen molar-refractivity contribution in [3.63, 3.8) is 0 Å². The van der Waals surface area contributed by atoms with Gasteiger partial charge in [0, 0.05) is 12.1 Å². The quantitative estimate of drug-likeness (QED) is 0.746. The highest BCUT2D eigenvalue weighted by molar-refractivity contribution is 6.17. The molecule has 2 aliphatic rings. The van der Waals surface area contributed by atoms with Crippen molar-refractivity contribution in [2.24, 2.45) is 0 Å². The molecule has 8 heteroatoms. The van der Waals surface area contributed by atoms with Crippen molar-refractivity contribution in [3.05, 3.63) is 70.8 Å². The second kappa shape index (κ2) is 7.47. The Bertz CT molecular complexity index is 1120. The molecule has 2 aromatic rings. The van der Waals surface area contributed by atoms with Gasteiger partial charge in [-0.1, -0.05) is 48.0 Å². The predicted octanol–water partition coefficient (Wildman–Crippen LogP) is 3.33. The van der Waals surface area contributed by atoms with Gasteiger partial charge in [0.25, 0.3) is 11.8 Å². The molecule has 1 atom stereocenters. The third-order valence-corrected chi connectivity index (χ3v) is 5.50. The molecule has 32 heavy (non-hydrogen) atoms. The highest BCUT2D eigenvalue weighted by Crippen LogP contribution is 2.34. The van der Waals surface area contributed by atoms with Crippen molar-refractivity contribution in [2.45, 2.75) is 45.4 Å². The minimum atomic E-state index is -1.61. The Morgan fingerprint density at radius 3 is 2.44 bits per heavy atom. The lowest BCUT2D eigenvalue weighted by atomic mass is 9.89. The Balaban J connectivity index is 1.71. The molecule has 0 bridgehead atoms. The third-order valence-electron chi connectivity index (χ3n) is 5.50. The highest BCUT2D eigenvalue weighted by Gasteiger charge is 2.57. The smallest absolute Gasteiger partial charge is 0.425 e. The average molecular weight is 435 g/mol. The summed E-state index contributed by atoms with van der Waals surface area (Å²) in [5, 5.41) is 2.68.